The Labute approximate surface area is 892 Å². The van der Waals surface area contributed by atoms with Crippen molar-refractivity contribution in [3.8, 4) is 103 Å². The second kappa shape index (κ2) is 57.9. The number of halogens is 19. The minimum atomic E-state index is -4.73. The van der Waals surface area contributed by atoms with Crippen molar-refractivity contribution in [2.75, 3.05) is 19.6 Å². The summed E-state index contributed by atoms with van der Waals surface area (Å²) in [5, 5.41) is 22.0. The maximum atomic E-state index is 12.3. The number of thioether (sulfide) groups is 2. The van der Waals surface area contributed by atoms with E-state index in [0.29, 0.717) is 121 Å². The molecule has 0 unspecified atom stereocenters. The van der Waals surface area contributed by atoms with Crippen LogP contribution in [-0.2, 0) is 53.7 Å². The molecule has 3 aliphatic carbocycles. The molecule has 0 atom stereocenters. The molecule has 3 aliphatic rings. The number of esters is 2. The summed E-state index contributed by atoms with van der Waals surface area (Å²) in [5.74, 6) is 2.86. The number of carbonyl (C=O) groups is 3. The molecule has 3 saturated carbocycles. The van der Waals surface area contributed by atoms with Crippen LogP contribution < -0.4 is 37.9 Å². The van der Waals surface area contributed by atoms with E-state index < -0.39 is 54.6 Å². The molecule has 148 heavy (non-hydrogen) atoms. The Morgan fingerprint density at radius 3 is 0.797 bits per heavy atom. The topological polar surface area (TPSA) is 313 Å². The van der Waals surface area contributed by atoms with E-state index in [1.165, 1.54) is 164 Å². The van der Waals surface area contributed by atoms with Gasteiger partial charge in [0.05, 0.1) is 49.4 Å². The molecule has 3 fully saturated rings. The number of aliphatic hydroxyl groups excluding tert-OH is 1. The molecule has 51 heteroatoms. The smallest absolute Gasteiger partial charge is 0.478 e. The van der Waals surface area contributed by atoms with Crippen LogP contribution in [0.1, 0.15) is 154 Å². The highest BCUT2D eigenvalue weighted by Gasteiger charge is 2.48. The van der Waals surface area contributed by atoms with Crippen LogP contribution in [0.5, 0.6) is 46.0 Å². The minimum Gasteiger partial charge on any atom is -0.478 e. The number of nitrogens with zero attached hydrogens (tertiary/aromatic N) is 10. The van der Waals surface area contributed by atoms with Gasteiger partial charge in [0, 0.05) is 37.6 Å². The third kappa shape index (κ3) is 39.5. The lowest BCUT2D eigenvalue weighted by atomic mass is 10.0. The van der Waals surface area contributed by atoms with E-state index >= 15 is 0 Å². The molecule has 0 aliphatic heterocycles. The number of aliphatic carboxylic acids is 1. The van der Waals surface area contributed by atoms with Crippen LogP contribution in [0.25, 0.3) is 56.9 Å². The van der Waals surface area contributed by atoms with E-state index in [2.05, 4.69) is 76.5 Å². The molecular weight excluding hydrogens is 2200 g/mol. The summed E-state index contributed by atoms with van der Waals surface area (Å²) in [5.41, 5.74) is 4.19. The first kappa shape index (κ1) is 126. The van der Waals surface area contributed by atoms with E-state index in [9.17, 15) is 85.3 Å². The average molecular weight is 2300 g/mol. The Morgan fingerprint density at radius 2 is 0.574 bits per heavy atom. The van der Waals surface area contributed by atoms with E-state index in [4.69, 9.17) is 75.2 Å². The highest BCUT2D eigenvalue weighted by atomic mass is 35.5. The molecule has 5 heterocycles. The number of ether oxygens (including phenoxy) is 10. The zero-order valence-electron chi connectivity index (χ0n) is 76.2. The van der Waals surface area contributed by atoms with Gasteiger partial charge in [-0.1, -0.05) is 47.4 Å². The molecule has 0 saturated heterocycles. The molecule has 8 aromatic carbocycles. The van der Waals surface area contributed by atoms with Crippen molar-refractivity contribution in [1.29, 1.82) is 0 Å². The summed E-state index contributed by atoms with van der Waals surface area (Å²) in [6.45, 7) is 7.66. The number of alkyl halides is 19. The summed E-state index contributed by atoms with van der Waals surface area (Å²) in [4.78, 5) is 59.2. The normalized spacial score (nSPS) is 13.6. The maximum absolute atomic E-state index is 12.3. The number of benzene rings is 8. The quantitative estimate of drug-likeness (QED) is 0.0199. The third-order valence-corrected chi connectivity index (χ3v) is 27.2. The monoisotopic (exact) mass is 2290 g/mol. The summed E-state index contributed by atoms with van der Waals surface area (Å²) >= 11 is 29.7. The molecule has 804 valence electrons. The fourth-order valence-corrected chi connectivity index (χ4v) is 19.2. The van der Waals surface area contributed by atoms with Gasteiger partial charge in [-0.25, -0.2) is 39.3 Å². The number of aliphatic hydroxyl groups is 1. The molecular formula is C97H101Cl4F15N10O15S7. The highest BCUT2D eigenvalue weighted by Crippen LogP contribution is 2.43. The third-order valence-electron chi connectivity index (χ3n) is 20.4. The Kier molecular flexibility index (Phi) is 49.3. The number of carboxylic acid groups (broad SMARTS) is 1. The van der Waals surface area contributed by atoms with Gasteiger partial charge in [-0.15, -0.1) is 136 Å². The molecule has 0 radical (unpaired) electrons. The van der Waals surface area contributed by atoms with Crippen molar-refractivity contribution in [3.05, 3.63) is 223 Å². The predicted octanol–water partition coefficient (Wildman–Crippen LogP) is 30.5. The van der Waals surface area contributed by atoms with E-state index in [1.807, 2.05) is 70.2 Å². The molecule has 5 aromatic heterocycles. The van der Waals surface area contributed by atoms with E-state index in [1.54, 1.807) is 29.6 Å². The molecule has 0 bridgehead atoms. The lowest BCUT2D eigenvalue weighted by Gasteiger charge is -2.28. The second-order valence-electron chi connectivity index (χ2n) is 30.8. The molecule has 16 rings (SSSR count). The van der Waals surface area contributed by atoms with Crippen LogP contribution >= 0.6 is 128 Å². The van der Waals surface area contributed by atoms with Crippen LogP contribution in [0.15, 0.2) is 186 Å². The zero-order chi connectivity index (χ0) is 105. The summed E-state index contributed by atoms with van der Waals surface area (Å²) in [7, 11) is 2.81. The molecule has 0 amide bonds. The summed E-state index contributed by atoms with van der Waals surface area (Å²) < 4.78 is 249. The van der Waals surface area contributed by atoms with E-state index in [-0.39, 0.29) is 94.1 Å². The van der Waals surface area contributed by atoms with Gasteiger partial charge >= 0.3 is 49.7 Å². The molecule has 13 aromatic rings. The number of methoxy groups -OCH3 is 2. The number of aromatic nitrogens is 10. The van der Waals surface area contributed by atoms with Crippen molar-refractivity contribution in [3.63, 3.8) is 0 Å². The van der Waals surface area contributed by atoms with E-state index in [0.717, 1.165) is 128 Å². The van der Waals surface area contributed by atoms with Crippen molar-refractivity contribution in [2.45, 2.75) is 223 Å². The van der Waals surface area contributed by atoms with Crippen molar-refractivity contribution in [2.24, 2.45) is 0 Å². The summed E-state index contributed by atoms with van der Waals surface area (Å²) in [6, 6.07) is 44.2. The van der Waals surface area contributed by atoms with Crippen LogP contribution in [0.2, 0.25) is 0 Å². The summed E-state index contributed by atoms with van der Waals surface area (Å²) in [6.07, 6.45) is -14.2. The van der Waals surface area contributed by atoms with Crippen LogP contribution in [0.3, 0.4) is 0 Å². The number of hydrogen-bond acceptors (Lipinski definition) is 31. The fraction of sp³-hybridized carbons (Fsp3) is 0.371. The largest absolute Gasteiger partial charge is 0.573 e. The maximum Gasteiger partial charge on any atom is 0.573 e. The molecule has 25 nitrogen and oxygen atoms in total. The SMILES string of the molecule is C.C.C.C.COC(=O)C1(Oc2ccc(C)cc2C)CCCC1.COC(=O)C1(Oc2ccc(SCc3nc(-c4ccc(OC(F)(F)F)cc4)ns3)cc2C)CCCC1.Cc1cc(SCc2nc(-c3ccc(OC(F)(F)F)cc3)ns2)ccc1OC1(C(=O)O)CCCC1.ClCCl.FC(F)(F)Oc1ccc(-c2nsc(CCl)n2)cc1.FC(F)(F)Oc1ccc(-c2nsc(CCl)n2)cc1.OCc1nc(-c2ccc(OC(F)(F)F)cc2)ns1. The first-order valence-electron chi connectivity index (χ1n) is 42.5. The minimum absolute atomic E-state index is 0. The Balaban J connectivity index is 0.000000275. The number of carboxylic acids is 1. The number of aryl methyl sites for hydroxylation is 4. The lowest BCUT2D eigenvalue weighted by Crippen LogP contribution is -2.42. The van der Waals surface area contributed by atoms with Gasteiger partial charge in [0.1, 0.15) is 71.0 Å². The fourth-order valence-electron chi connectivity index (χ4n) is 13.9. The first-order chi connectivity index (χ1) is 68.2. The Hall–Kier alpha value is -10.9. The Bertz CT molecular complexity index is 6050. The number of rotatable bonds is 28. The predicted molar refractivity (Wildman–Crippen MR) is 543 cm³/mol. The highest BCUT2D eigenvalue weighted by molar-refractivity contribution is 7.98. The standard InChI is InChI=1S/C24H23F3N2O4S2.C23H21F3N2O4S2.C15H20O3.2C10H6ClF3N2OS.C10H7F3N2O2S.CH2Cl2.4CH4/c1-15-13-18(9-10-19(15)33-23(22(30)31-2)11-3-4-12-23)34-14-20-28-21(29-35-20)16-5-7-17(8-6-16)32-24(25,26)27;1-14-12-17(8-9-18(14)32-22(21(29)30)10-2-3-11-22)33-13-19-27-20(28-34-19)15-4-6-16(7-5-15)31-23(24,25)26;1-11-6-7-13(12(2)10-11)18-15(14(16)17-3)8-4-5-9-15;2*11-5-8-15-9(16-18-8)6-1-3-7(4-2-6)17-10(12,13)14;11-10(12,13)17-7-3-1-6(2-4-7)9-14-8(5-16)18-15-9;2-1-3;;;;/h5-10,13H,3-4,11-12,14H2,1-2H3;4-9,12H,2-3,10-11,13H2,1H3,(H,29,30);6-7,10H,4-5,8-9H2,1-3H3;2*1-4H,5H2;1-4,16H,5H2;1H2;4*1H4. The van der Waals surface area contributed by atoms with Crippen LogP contribution in [0.4, 0.5) is 65.9 Å². The lowest BCUT2D eigenvalue weighted by molar-refractivity contribution is -0.275. The van der Waals surface area contributed by atoms with Gasteiger partial charge in [0.25, 0.3) is 0 Å². The average Bonchev–Trinajstić information content (AvgIpc) is 1.62. The van der Waals surface area contributed by atoms with Gasteiger partial charge in [-0.05, 0) is 343 Å². The van der Waals surface area contributed by atoms with Crippen molar-refractivity contribution >= 4 is 145 Å². The van der Waals surface area contributed by atoms with Crippen molar-refractivity contribution < 1.29 is 138 Å². The first-order valence-corrected chi connectivity index (χ1v) is 50.5. The number of hydrogen-bond donors (Lipinski definition) is 2. The van der Waals surface area contributed by atoms with Gasteiger partial charge < -0.3 is 57.6 Å². The number of carbonyl (C=O) groups excluding carboxylic acids is 2. The second-order valence-corrected chi connectivity index (χ2v) is 38.5. The van der Waals surface area contributed by atoms with Gasteiger partial charge in [-0.3, -0.25) is 0 Å². The van der Waals surface area contributed by atoms with Gasteiger partial charge in [-0.2, -0.15) is 21.9 Å². The zero-order valence-corrected chi connectivity index (χ0v) is 84.9. The van der Waals surface area contributed by atoms with Crippen LogP contribution in [-0.4, -0.2) is 143 Å². The van der Waals surface area contributed by atoms with Crippen molar-refractivity contribution in [1.82, 2.24) is 46.8 Å². The molecule has 2 N–H and O–H groups in total. The van der Waals surface area contributed by atoms with Gasteiger partial charge in [0.2, 0.25) is 16.8 Å². The van der Waals surface area contributed by atoms with Gasteiger partial charge in [0.15, 0.2) is 29.1 Å². The Morgan fingerprint density at radius 1 is 0.345 bits per heavy atom. The molecule has 0 spiro atoms. The van der Waals surface area contributed by atoms with Crippen LogP contribution in [0, 0.1) is 27.7 Å².